The van der Waals surface area contributed by atoms with Crippen molar-refractivity contribution in [1.29, 1.82) is 0 Å². The number of amides is 1. The van der Waals surface area contributed by atoms with Gasteiger partial charge in [-0.15, -0.1) is 0 Å². The maximum atomic E-state index is 10.1. The maximum Gasteiger partial charge on any atom is 0.280 e. The van der Waals surface area contributed by atoms with E-state index in [1.165, 1.54) is 0 Å². The van der Waals surface area contributed by atoms with Crippen LogP contribution in [0.2, 0.25) is 0 Å². The van der Waals surface area contributed by atoms with Gasteiger partial charge in [-0.2, -0.15) is 0 Å². The van der Waals surface area contributed by atoms with Crippen molar-refractivity contribution >= 4 is 27.5 Å². The van der Waals surface area contributed by atoms with Gasteiger partial charge >= 0.3 is 0 Å². The summed E-state index contributed by atoms with van der Waals surface area (Å²) in [6, 6.07) is 0. The molecule has 1 N–H and O–H groups in total. The van der Waals surface area contributed by atoms with Crippen LogP contribution in [0.15, 0.2) is 4.99 Å². The normalized spacial score (nSPS) is 27.0. The Labute approximate surface area is 54.5 Å². The van der Waals surface area contributed by atoms with E-state index >= 15 is 0 Å². The molecule has 0 aromatic heterocycles. The lowest BCUT2D eigenvalue weighted by Crippen LogP contribution is -2.39. The molecule has 0 aromatic rings. The van der Waals surface area contributed by atoms with Gasteiger partial charge in [-0.1, -0.05) is 15.9 Å². The first-order chi connectivity index (χ1) is 3.75. The van der Waals surface area contributed by atoms with Gasteiger partial charge in [-0.05, 0) is 0 Å². The molecule has 0 saturated carbocycles. The minimum absolute atomic E-state index is 0.431. The van der Waals surface area contributed by atoms with Crippen molar-refractivity contribution in [2.75, 3.05) is 5.33 Å². The van der Waals surface area contributed by atoms with Crippen molar-refractivity contribution in [3.63, 3.8) is 0 Å². The Morgan fingerprint density at radius 2 is 2.50 bits per heavy atom. The lowest BCUT2D eigenvalue weighted by atomic mass is 10.1. The molecule has 1 heterocycles. The molecular weight excluding hydrogens is 174 g/mol. The Morgan fingerprint density at radius 3 is 2.62 bits per heavy atom. The number of hydrogen-bond acceptors (Lipinski definition) is 2. The number of aliphatic hydroxyl groups excluding tert-OH is 1. The summed E-state index contributed by atoms with van der Waals surface area (Å²) in [4.78, 5) is 13.5. The monoisotopic (exact) mass is 177 g/mol. The second-order valence-corrected chi connectivity index (χ2v) is 2.04. The molecule has 1 unspecified atom stereocenters. The summed E-state index contributed by atoms with van der Waals surface area (Å²) in [6.07, 6.45) is -0.922. The third kappa shape index (κ3) is 0.695. The SMILES string of the molecule is O=C1N=C(CBr)C1O. The maximum absolute atomic E-state index is 10.1. The van der Waals surface area contributed by atoms with Crippen LogP contribution in [0.5, 0.6) is 0 Å². The first-order valence-corrected chi connectivity index (χ1v) is 3.23. The Hall–Kier alpha value is -0.220. The number of nitrogens with zero attached hydrogens (tertiary/aromatic N) is 1. The number of halogens is 1. The van der Waals surface area contributed by atoms with Gasteiger partial charge in [-0.25, -0.2) is 4.99 Å². The summed E-state index contributed by atoms with van der Waals surface area (Å²) < 4.78 is 0. The summed E-state index contributed by atoms with van der Waals surface area (Å²) in [7, 11) is 0. The van der Waals surface area contributed by atoms with E-state index in [1.807, 2.05) is 0 Å². The van der Waals surface area contributed by atoms with E-state index in [0.29, 0.717) is 11.0 Å². The molecule has 0 bridgehead atoms. The molecule has 1 atom stereocenters. The fourth-order valence-electron chi connectivity index (χ4n) is 0.443. The third-order valence-electron chi connectivity index (χ3n) is 0.940. The van der Waals surface area contributed by atoms with Gasteiger partial charge in [0, 0.05) is 5.33 Å². The van der Waals surface area contributed by atoms with E-state index in [0.717, 1.165) is 0 Å². The molecule has 0 saturated heterocycles. The molecule has 1 rings (SSSR count). The zero-order valence-electron chi connectivity index (χ0n) is 3.97. The van der Waals surface area contributed by atoms with Gasteiger partial charge in [0.15, 0.2) is 6.10 Å². The molecule has 4 heteroatoms. The molecular formula is C4H4BrNO2. The largest absolute Gasteiger partial charge is 0.377 e. The molecule has 1 aliphatic rings. The summed E-state index contributed by atoms with van der Waals surface area (Å²) in [5, 5.41) is 9.15. The van der Waals surface area contributed by atoms with Crippen LogP contribution in [-0.2, 0) is 4.79 Å². The Morgan fingerprint density at radius 1 is 1.88 bits per heavy atom. The molecule has 1 aliphatic heterocycles. The molecule has 0 aromatic carbocycles. The van der Waals surface area contributed by atoms with Crippen LogP contribution >= 0.6 is 15.9 Å². The molecule has 0 radical (unpaired) electrons. The highest BCUT2D eigenvalue weighted by molar-refractivity contribution is 9.09. The van der Waals surface area contributed by atoms with Crippen LogP contribution in [0.1, 0.15) is 0 Å². The zero-order valence-corrected chi connectivity index (χ0v) is 5.55. The second kappa shape index (κ2) is 1.95. The van der Waals surface area contributed by atoms with Gasteiger partial charge in [0.25, 0.3) is 5.91 Å². The predicted molar refractivity (Wildman–Crippen MR) is 32.2 cm³/mol. The molecule has 0 aliphatic carbocycles. The molecule has 1 amide bonds. The number of hydrogen-bond donors (Lipinski definition) is 1. The quantitative estimate of drug-likeness (QED) is 0.561. The molecule has 8 heavy (non-hydrogen) atoms. The van der Waals surface area contributed by atoms with Gasteiger partial charge in [0.2, 0.25) is 0 Å². The van der Waals surface area contributed by atoms with Crippen LogP contribution in [0.4, 0.5) is 0 Å². The lowest BCUT2D eigenvalue weighted by molar-refractivity contribution is -0.124. The number of aliphatic hydroxyl groups is 1. The first-order valence-electron chi connectivity index (χ1n) is 2.11. The lowest BCUT2D eigenvalue weighted by Gasteiger charge is -2.15. The van der Waals surface area contributed by atoms with Crippen LogP contribution in [0, 0.1) is 0 Å². The van der Waals surface area contributed by atoms with E-state index in [9.17, 15) is 4.79 Å². The van der Waals surface area contributed by atoms with Gasteiger partial charge in [0.05, 0.1) is 5.71 Å². The van der Waals surface area contributed by atoms with Gasteiger partial charge < -0.3 is 5.11 Å². The van der Waals surface area contributed by atoms with Crippen molar-refractivity contribution < 1.29 is 9.90 Å². The number of carbonyl (C=O) groups excluding carboxylic acids is 1. The summed E-state index contributed by atoms with van der Waals surface area (Å²) in [6.45, 7) is 0. The Balaban J connectivity index is 2.63. The fraction of sp³-hybridized carbons (Fsp3) is 0.500. The predicted octanol–water partition coefficient (Wildman–Crippen LogP) is -0.277. The van der Waals surface area contributed by atoms with Crippen LogP contribution in [-0.4, -0.2) is 28.2 Å². The van der Waals surface area contributed by atoms with Crippen LogP contribution < -0.4 is 0 Å². The summed E-state index contributed by atoms with van der Waals surface area (Å²) in [5.74, 6) is -0.431. The second-order valence-electron chi connectivity index (χ2n) is 1.48. The smallest absolute Gasteiger partial charge is 0.280 e. The van der Waals surface area contributed by atoms with Gasteiger partial charge in [0.1, 0.15) is 0 Å². The van der Waals surface area contributed by atoms with Gasteiger partial charge in [-0.3, -0.25) is 4.79 Å². The van der Waals surface area contributed by atoms with Crippen molar-refractivity contribution in [2.45, 2.75) is 6.10 Å². The van der Waals surface area contributed by atoms with Crippen LogP contribution in [0.25, 0.3) is 0 Å². The average Bonchev–Trinajstić information content (AvgIpc) is 1.81. The minimum Gasteiger partial charge on any atom is -0.377 e. The Kier molecular flexibility index (Phi) is 1.44. The summed E-state index contributed by atoms with van der Waals surface area (Å²) in [5.41, 5.74) is 0.523. The first kappa shape index (κ1) is 5.91. The van der Waals surface area contributed by atoms with Crippen molar-refractivity contribution in [3.8, 4) is 0 Å². The molecule has 0 spiro atoms. The third-order valence-corrected chi connectivity index (χ3v) is 1.51. The summed E-state index contributed by atoms with van der Waals surface area (Å²) >= 11 is 3.05. The van der Waals surface area contributed by atoms with E-state index in [1.54, 1.807) is 0 Å². The Bertz CT molecular complexity index is 154. The van der Waals surface area contributed by atoms with E-state index in [-0.39, 0.29) is 0 Å². The molecule has 44 valence electrons. The number of carbonyl (C=O) groups is 1. The number of alkyl halides is 1. The minimum atomic E-state index is -0.922. The highest BCUT2D eigenvalue weighted by Gasteiger charge is 2.29. The topological polar surface area (TPSA) is 49.7 Å². The van der Waals surface area contributed by atoms with E-state index in [4.69, 9.17) is 5.11 Å². The molecule has 3 nitrogen and oxygen atoms in total. The standard InChI is InChI=1S/C4H4BrNO2/c5-1-2-3(7)4(8)6-2/h3,7H,1H2. The average molecular weight is 178 g/mol. The highest BCUT2D eigenvalue weighted by Crippen LogP contribution is 2.06. The van der Waals surface area contributed by atoms with Crippen molar-refractivity contribution in [3.05, 3.63) is 0 Å². The van der Waals surface area contributed by atoms with E-state index < -0.39 is 12.0 Å². The van der Waals surface area contributed by atoms with Crippen LogP contribution in [0.3, 0.4) is 0 Å². The molecule has 0 fully saturated rings. The van der Waals surface area contributed by atoms with E-state index in [2.05, 4.69) is 20.9 Å². The number of aliphatic imine (C=N–C) groups is 1. The zero-order chi connectivity index (χ0) is 6.15. The van der Waals surface area contributed by atoms with Crippen molar-refractivity contribution in [1.82, 2.24) is 0 Å². The fourth-order valence-corrected chi connectivity index (χ4v) is 0.875. The number of rotatable bonds is 1. The highest BCUT2D eigenvalue weighted by atomic mass is 79.9. The van der Waals surface area contributed by atoms with Crippen molar-refractivity contribution in [2.24, 2.45) is 4.99 Å².